The van der Waals surface area contributed by atoms with Crippen LogP contribution in [0.1, 0.15) is 28.8 Å². The molecule has 4 aromatic heterocycles. The summed E-state index contributed by atoms with van der Waals surface area (Å²) in [5, 5.41) is -1.19. The SMILES string of the molecule is [2H]c1nc([2H])c2c3c([2H])c([2H])c([2H])c([2H])c3n(-c3ccccc3-c3nc(-c4c([2H])c([2H])c([2H])c([2H])c4[2H])c([2H])c(-n4c5c([2H])c([2H])c([2H])c([2H])c5c5c([2H])c([2H])c([2H])c([2H])c54)n3)c2c1[2H]. The molecule has 0 spiro atoms. The zero-order chi connectivity index (χ0) is 47.3. The van der Waals surface area contributed by atoms with Crippen molar-refractivity contribution in [3.8, 4) is 34.2 Å². The normalized spacial score (nSPS) is 18.3. The zero-order valence-electron chi connectivity index (χ0n) is 43.0. The lowest BCUT2D eigenvalue weighted by Crippen LogP contribution is -2.04. The highest BCUT2D eigenvalue weighted by molar-refractivity contribution is 6.10. The number of aromatic nitrogens is 5. The Morgan fingerprint density at radius 1 is 0.545 bits per heavy atom. The Hall–Kier alpha value is -6.07. The Labute approximate surface area is 282 Å². The van der Waals surface area contributed by atoms with Crippen molar-refractivity contribution in [3.05, 3.63) is 151 Å². The topological polar surface area (TPSA) is 48.5 Å². The van der Waals surface area contributed by atoms with Crippen LogP contribution in [0.2, 0.25) is 0 Å². The number of hydrogen-bond donors (Lipinski definition) is 0. The zero-order valence-corrected chi connectivity index (χ0v) is 22.0. The van der Waals surface area contributed by atoms with Gasteiger partial charge in [-0.1, -0.05) is 96.7 Å². The molecule has 4 heterocycles. The summed E-state index contributed by atoms with van der Waals surface area (Å²) in [6.45, 7) is 0. The van der Waals surface area contributed by atoms with Gasteiger partial charge in [0.1, 0.15) is 5.82 Å². The Balaban J connectivity index is 1.54. The lowest BCUT2D eigenvalue weighted by atomic mass is 10.1. The van der Waals surface area contributed by atoms with Gasteiger partial charge in [-0.15, -0.1) is 0 Å². The molecule has 0 aliphatic rings. The molecule has 9 rings (SSSR count). The van der Waals surface area contributed by atoms with Crippen molar-refractivity contribution in [1.29, 1.82) is 0 Å². The van der Waals surface area contributed by atoms with Gasteiger partial charge in [0, 0.05) is 51.1 Å². The second kappa shape index (κ2) is 9.75. The summed E-state index contributed by atoms with van der Waals surface area (Å²) < 4.78 is 186. The Morgan fingerprint density at radius 3 is 1.86 bits per heavy atom. The Bertz CT molecular complexity index is 3590. The second-order valence-electron chi connectivity index (χ2n) is 9.39. The molecule has 0 bridgehead atoms. The quantitative estimate of drug-likeness (QED) is 0.207. The molecule has 0 saturated carbocycles. The van der Waals surface area contributed by atoms with Crippen molar-refractivity contribution < 1.29 is 28.8 Å². The van der Waals surface area contributed by atoms with Gasteiger partial charge in [0.2, 0.25) is 0 Å². The van der Waals surface area contributed by atoms with Crippen LogP contribution in [-0.4, -0.2) is 24.1 Å². The van der Waals surface area contributed by atoms with E-state index in [2.05, 4.69) is 9.97 Å². The van der Waals surface area contributed by atoms with Crippen LogP contribution in [0.3, 0.4) is 0 Å². The third-order valence-electron chi connectivity index (χ3n) is 7.03. The molecule has 5 aromatic carbocycles. The van der Waals surface area contributed by atoms with Crippen molar-refractivity contribution in [3.63, 3.8) is 0 Å². The minimum atomic E-state index is -0.827. The van der Waals surface area contributed by atoms with Crippen molar-refractivity contribution >= 4 is 43.6 Å². The largest absolute Gasteiger partial charge is 0.308 e. The summed E-state index contributed by atoms with van der Waals surface area (Å²) in [5.41, 5.74) is -2.89. The first kappa shape index (κ1) is 11.5. The molecule has 5 heteroatoms. The summed E-state index contributed by atoms with van der Waals surface area (Å²) in [6.07, 6.45) is -1.27. The minimum absolute atomic E-state index is 0.0715. The third kappa shape index (κ3) is 3.69. The van der Waals surface area contributed by atoms with Gasteiger partial charge in [0.25, 0.3) is 0 Å². The fourth-order valence-corrected chi connectivity index (χ4v) is 5.23. The van der Waals surface area contributed by atoms with Crippen LogP contribution in [0.25, 0.3) is 77.8 Å². The average Bonchev–Trinajstić information content (AvgIpc) is 3.84. The van der Waals surface area contributed by atoms with Gasteiger partial charge >= 0.3 is 0 Å². The molecule has 0 aliphatic carbocycles. The first-order chi connectivity index (χ1) is 30.6. The number of pyridine rings is 1. The second-order valence-corrected chi connectivity index (χ2v) is 9.39. The van der Waals surface area contributed by atoms with Gasteiger partial charge in [-0.3, -0.25) is 9.55 Å². The van der Waals surface area contributed by atoms with E-state index in [1.165, 1.54) is 28.8 Å². The molecule has 0 radical (unpaired) electrons. The number of rotatable bonds is 4. The van der Waals surface area contributed by atoms with Gasteiger partial charge < -0.3 is 4.57 Å². The number of para-hydroxylation sites is 4. The maximum absolute atomic E-state index is 9.65. The molecule has 0 amide bonds. The molecule has 0 aliphatic heterocycles. The van der Waals surface area contributed by atoms with E-state index in [1.54, 1.807) is 0 Å². The fourth-order valence-electron chi connectivity index (χ4n) is 5.23. The predicted molar refractivity (Wildman–Crippen MR) is 179 cm³/mol. The van der Waals surface area contributed by atoms with Gasteiger partial charge in [-0.05, 0) is 36.3 Å². The van der Waals surface area contributed by atoms with E-state index in [1.807, 2.05) is 0 Å². The summed E-state index contributed by atoms with van der Waals surface area (Å²) >= 11 is 0. The van der Waals surface area contributed by atoms with Crippen molar-refractivity contribution in [2.45, 2.75) is 0 Å². The predicted octanol–water partition coefficient (Wildman–Crippen LogP) is 9.40. The van der Waals surface area contributed by atoms with Crippen LogP contribution >= 0.6 is 0 Å². The van der Waals surface area contributed by atoms with Gasteiger partial charge in [0.15, 0.2) is 5.82 Å². The maximum Gasteiger partial charge on any atom is 0.164 e. The summed E-state index contributed by atoms with van der Waals surface area (Å²) in [5.74, 6) is -1.13. The fraction of sp³-hybridized carbons (Fsp3) is 0. The highest BCUT2D eigenvalue weighted by atomic mass is 15.1. The number of benzene rings is 5. The molecule has 0 N–H and O–H groups in total. The maximum atomic E-state index is 9.65. The molecule has 0 atom stereocenters. The molecule has 44 heavy (non-hydrogen) atoms. The van der Waals surface area contributed by atoms with Crippen LogP contribution in [0.5, 0.6) is 0 Å². The van der Waals surface area contributed by atoms with E-state index in [0.29, 0.717) is 0 Å². The van der Waals surface area contributed by atoms with E-state index in [-0.39, 0.29) is 43.8 Å². The lowest BCUT2D eigenvalue weighted by molar-refractivity contribution is 1.04. The summed E-state index contributed by atoms with van der Waals surface area (Å²) in [6, 6.07) is -8.30. The van der Waals surface area contributed by atoms with Crippen molar-refractivity contribution in [2.24, 2.45) is 0 Å². The Kier molecular flexibility index (Phi) is 2.56. The molecule has 5 nitrogen and oxygen atoms in total. The lowest BCUT2D eigenvalue weighted by Gasteiger charge is -2.15. The molecule has 9 aromatic rings. The first-order valence-electron chi connectivity index (χ1n) is 23.5. The standard InChI is InChI=1S/C39H25N5/c1-2-12-26(13-3-1)32-24-38(44-34-19-9-4-14-27(34)28-15-5-10-20-35(28)44)42-39(41-32)30-17-7-11-21-36(30)43-33-18-8-6-16-29(33)31-25-40-23-22-37(31)43/h1-25H/i1D,2D,3D,4D,5D,6D,8D,9D,10D,12D,13D,14D,15D,16D,18D,19D,20D,22D,23D,24D,25D. The molecule has 0 fully saturated rings. The molecular weight excluding hydrogens is 538 g/mol. The Morgan fingerprint density at radius 2 is 1.14 bits per heavy atom. The van der Waals surface area contributed by atoms with Gasteiger partial charge in [-0.25, -0.2) is 9.97 Å². The van der Waals surface area contributed by atoms with E-state index in [0.717, 1.165) is 4.57 Å². The van der Waals surface area contributed by atoms with E-state index in [4.69, 9.17) is 32.4 Å². The number of fused-ring (bicyclic) bond motifs is 6. The number of hydrogen-bond acceptors (Lipinski definition) is 3. The highest BCUT2D eigenvalue weighted by Gasteiger charge is 2.20. The monoisotopic (exact) mass is 584 g/mol. The minimum Gasteiger partial charge on any atom is -0.308 e. The van der Waals surface area contributed by atoms with Crippen LogP contribution in [0.15, 0.2) is 151 Å². The molecular formula is C39H25N5. The number of nitrogens with zero attached hydrogens (tertiary/aromatic N) is 5. The third-order valence-corrected chi connectivity index (χ3v) is 7.03. The van der Waals surface area contributed by atoms with Crippen LogP contribution in [0, 0.1) is 0 Å². The van der Waals surface area contributed by atoms with Crippen LogP contribution in [-0.2, 0) is 0 Å². The van der Waals surface area contributed by atoms with Crippen LogP contribution in [0.4, 0.5) is 0 Å². The summed E-state index contributed by atoms with van der Waals surface area (Å²) in [4.78, 5) is 13.1. The highest BCUT2D eigenvalue weighted by Crippen LogP contribution is 2.37. The molecule has 0 saturated heterocycles. The van der Waals surface area contributed by atoms with E-state index in [9.17, 15) is 1.37 Å². The van der Waals surface area contributed by atoms with Crippen molar-refractivity contribution in [2.75, 3.05) is 0 Å². The first-order valence-corrected chi connectivity index (χ1v) is 13.0. The van der Waals surface area contributed by atoms with Crippen molar-refractivity contribution in [1.82, 2.24) is 24.1 Å². The van der Waals surface area contributed by atoms with Crippen LogP contribution < -0.4 is 0 Å². The van der Waals surface area contributed by atoms with E-state index >= 15 is 0 Å². The van der Waals surface area contributed by atoms with E-state index < -0.39 is 161 Å². The van der Waals surface area contributed by atoms with Gasteiger partial charge in [-0.2, -0.15) is 0 Å². The van der Waals surface area contributed by atoms with Gasteiger partial charge in [0.05, 0.1) is 62.2 Å². The molecule has 206 valence electrons. The molecule has 0 unspecified atom stereocenters. The summed E-state index contributed by atoms with van der Waals surface area (Å²) in [7, 11) is 0. The average molecular weight is 585 g/mol. The smallest absolute Gasteiger partial charge is 0.164 e.